The Morgan fingerprint density at radius 1 is 1.53 bits per heavy atom. The van der Waals surface area contributed by atoms with Crippen LogP contribution in [-0.2, 0) is 9.59 Å². The molecule has 0 saturated carbocycles. The molecule has 1 rings (SSSR count). The van der Waals surface area contributed by atoms with E-state index in [2.05, 4.69) is 5.32 Å². The highest BCUT2D eigenvalue weighted by atomic mass is 32.1. The van der Waals surface area contributed by atoms with Crippen molar-refractivity contribution in [3.8, 4) is 0 Å². The molecule has 0 aromatic carbocycles. The molecule has 0 fully saturated rings. The van der Waals surface area contributed by atoms with Gasteiger partial charge in [-0.1, -0.05) is 6.92 Å². The normalized spacial score (nSPS) is 12.6. The van der Waals surface area contributed by atoms with Gasteiger partial charge in [0.15, 0.2) is 0 Å². The summed E-state index contributed by atoms with van der Waals surface area (Å²) in [5.41, 5.74) is 0. The SMILES string of the molecule is Cc1ccc(C=CC(=O)NCC(C)C(=O)O)s1. The van der Waals surface area contributed by atoms with Crippen LogP contribution in [0.5, 0.6) is 0 Å². The Morgan fingerprint density at radius 2 is 2.24 bits per heavy atom. The van der Waals surface area contributed by atoms with Crippen molar-refractivity contribution >= 4 is 29.3 Å². The van der Waals surface area contributed by atoms with Gasteiger partial charge in [0.1, 0.15) is 0 Å². The Hall–Kier alpha value is -1.62. The summed E-state index contributed by atoms with van der Waals surface area (Å²) in [5, 5.41) is 11.2. The molecule has 1 heterocycles. The number of amides is 1. The molecule has 0 aliphatic carbocycles. The number of carbonyl (C=O) groups is 2. The van der Waals surface area contributed by atoms with Crippen LogP contribution in [0.1, 0.15) is 16.7 Å². The largest absolute Gasteiger partial charge is 0.481 e. The number of hydrogen-bond acceptors (Lipinski definition) is 3. The van der Waals surface area contributed by atoms with E-state index in [0.29, 0.717) is 0 Å². The van der Waals surface area contributed by atoms with Crippen molar-refractivity contribution in [2.24, 2.45) is 5.92 Å². The molecule has 2 N–H and O–H groups in total. The third-order valence-electron chi connectivity index (χ3n) is 2.16. The predicted molar refractivity (Wildman–Crippen MR) is 67.9 cm³/mol. The molecule has 1 aromatic heterocycles. The highest BCUT2D eigenvalue weighted by Crippen LogP contribution is 2.16. The minimum atomic E-state index is -0.914. The summed E-state index contributed by atoms with van der Waals surface area (Å²) in [4.78, 5) is 24.1. The summed E-state index contributed by atoms with van der Waals surface area (Å²) in [6, 6.07) is 3.92. The molecule has 1 unspecified atom stereocenters. The third kappa shape index (κ3) is 4.82. The number of carbonyl (C=O) groups excluding carboxylic acids is 1. The lowest BCUT2D eigenvalue weighted by Crippen LogP contribution is -2.30. The average molecular weight is 253 g/mol. The second-order valence-corrected chi connectivity index (χ2v) is 5.09. The Bertz CT molecular complexity index is 437. The highest BCUT2D eigenvalue weighted by Gasteiger charge is 2.10. The van der Waals surface area contributed by atoms with Crippen molar-refractivity contribution in [2.75, 3.05) is 6.54 Å². The zero-order valence-corrected chi connectivity index (χ0v) is 10.6. The van der Waals surface area contributed by atoms with Gasteiger partial charge in [0.05, 0.1) is 5.92 Å². The Morgan fingerprint density at radius 3 is 2.76 bits per heavy atom. The molecular formula is C12H15NO3S. The molecule has 1 atom stereocenters. The molecule has 0 bridgehead atoms. The van der Waals surface area contributed by atoms with Crippen molar-refractivity contribution in [2.45, 2.75) is 13.8 Å². The van der Waals surface area contributed by atoms with Crippen molar-refractivity contribution in [1.82, 2.24) is 5.32 Å². The van der Waals surface area contributed by atoms with Crippen LogP contribution >= 0.6 is 11.3 Å². The maximum Gasteiger partial charge on any atom is 0.308 e. The number of thiophene rings is 1. The molecular weight excluding hydrogens is 238 g/mol. The van der Waals surface area contributed by atoms with Gasteiger partial charge in [0.2, 0.25) is 5.91 Å². The topological polar surface area (TPSA) is 66.4 Å². The summed E-state index contributed by atoms with van der Waals surface area (Å²) in [5.74, 6) is -1.76. The van der Waals surface area contributed by atoms with Gasteiger partial charge >= 0.3 is 5.97 Å². The first-order valence-corrected chi connectivity index (χ1v) is 6.06. The zero-order valence-electron chi connectivity index (χ0n) is 9.77. The van der Waals surface area contributed by atoms with Gasteiger partial charge in [-0.2, -0.15) is 0 Å². The fourth-order valence-corrected chi connectivity index (χ4v) is 1.88. The number of carboxylic acids is 1. The van der Waals surface area contributed by atoms with Crippen LogP contribution in [0.3, 0.4) is 0 Å². The first kappa shape index (κ1) is 13.4. The van der Waals surface area contributed by atoms with Crippen LogP contribution in [0.25, 0.3) is 6.08 Å². The summed E-state index contributed by atoms with van der Waals surface area (Å²) >= 11 is 1.60. The first-order valence-electron chi connectivity index (χ1n) is 5.24. The van der Waals surface area contributed by atoms with Gasteiger partial charge < -0.3 is 10.4 Å². The minimum absolute atomic E-state index is 0.141. The van der Waals surface area contributed by atoms with Crippen LogP contribution in [0.2, 0.25) is 0 Å². The molecule has 0 saturated heterocycles. The molecule has 0 aliphatic rings. The number of nitrogens with one attached hydrogen (secondary N) is 1. The van der Waals surface area contributed by atoms with Gasteiger partial charge in [-0.25, -0.2) is 0 Å². The van der Waals surface area contributed by atoms with Gasteiger partial charge in [0.25, 0.3) is 0 Å². The van der Waals surface area contributed by atoms with Gasteiger partial charge in [-0.05, 0) is 25.1 Å². The first-order chi connectivity index (χ1) is 7.99. The van der Waals surface area contributed by atoms with E-state index in [9.17, 15) is 9.59 Å². The molecule has 0 radical (unpaired) electrons. The Balaban J connectivity index is 2.39. The molecule has 0 aliphatic heterocycles. The van der Waals surface area contributed by atoms with E-state index in [4.69, 9.17) is 5.11 Å². The van der Waals surface area contributed by atoms with E-state index >= 15 is 0 Å². The molecule has 1 aromatic rings. The van der Waals surface area contributed by atoms with Crippen molar-refractivity contribution in [3.63, 3.8) is 0 Å². The van der Waals surface area contributed by atoms with E-state index in [-0.39, 0.29) is 12.5 Å². The van der Waals surface area contributed by atoms with Gasteiger partial charge in [0, 0.05) is 22.4 Å². The molecule has 0 spiro atoms. The number of aliphatic carboxylic acids is 1. The molecule has 4 nitrogen and oxygen atoms in total. The maximum atomic E-state index is 11.4. The second-order valence-electron chi connectivity index (χ2n) is 3.77. The van der Waals surface area contributed by atoms with E-state index in [1.54, 1.807) is 24.3 Å². The fourth-order valence-electron chi connectivity index (χ4n) is 1.10. The Labute approximate surface area is 104 Å². The van der Waals surface area contributed by atoms with Gasteiger partial charge in [-0.3, -0.25) is 9.59 Å². The smallest absolute Gasteiger partial charge is 0.308 e. The predicted octanol–water partition coefficient (Wildman–Crippen LogP) is 1.91. The lowest BCUT2D eigenvalue weighted by molar-refractivity contribution is -0.141. The number of aryl methyl sites for hydroxylation is 1. The summed E-state index contributed by atoms with van der Waals surface area (Å²) < 4.78 is 0. The quantitative estimate of drug-likeness (QED) is 0.788. The van der Waals surface area contributed by atoms with E-state index in [0.717, 1.165) is 4.88 Å². The number of hydrogen-bond donors (Lipinski definition) is 2. The molecule has 17 heavy (non-hydrogen) atoms. The summed E-state index contributed by atoms with van der Waals surface area (Å²) in [7, 11) is 0. The highest BCUT2D eigenvalue weighted by molar-refractivity contribution is 7.12. The monoisotopic (exact) mass is 253 g/mol. The number of carboxylic acid groups (broad SMARTS) is 1. The van der Waals surface area contributed by atoms with E-state index in [1.165, 1.54) is 11.0 Å². The lowest BCUT2D eigenvalue weighted by Gasteiger charge is -2.05. The second kappa shape index (κ2) is 6.20. The number of rotatable bonds is 5. The van der Waals surface area contributed by atoms with Crippen molar-refractivity contribution in [1.29, 1.82) is 0 Å². The van der Waals surface area contributed by atoms with Crippen LogP contribution in [-0.4, -0.2) is 23.5 Å². The van der Waals surface area contributed by atoms with E-state index in [1.807, 2.05) is 19.1 Å². The molecule has 1 amide bonds. The maximum absolute atomic E-state index is 11.4. The fraction of sp³-hybridized carbons (Fsp3) is 0.333. The van der Waals surface area contributed by atoms with Gasteiger partial charge in [-0.15, -0.1) is 11.3 Å². The lowest BCUT2D eigenvalue weighted by atomic mass is 10.2. The average Bonchev–Trinajstić information content (AvgIpc) is 2.69. The summed E-state index contributed by atoms with van der Waals surface area (Å²) in [6.07, 6.45) is 3.14. The zero-order chi connectivity index (χ0) is 12.8. The Kier molecular flexibility index (Phi) is 4.90. The molecule has 92 valence electrons. The van der Waals surface area contributed by atoms with E-state index < -0.39 is 11.9 Å². The molecule has 5 heteroatoms. The van der Waals surface area contributed by atoms with Crippen LogP contribution in [0, 0.1) is 12.8 Å². The van der Waals surface area contributed by atoms with Crippen LogP contribution in [0.15, 0.2) is 18.2 Å². The summed E-state index contributed by atoms with van der Waals surface area (Å²) in [6.45, 7) is 3.69. The van der Waals surface area contributed by atoms with Crippen molar-refractivity contribution in [3.05, 3.63) is 28.0 Å². The van der Waals surface area contributed by atoms with Crippen LogP contribution in [0.4, 0.5) is 0 Å². The van der Waals surface area contributed by atoms with Crippen LogP contribution < -0.4 is 5.32 Å². The third-order valence-corrected chi connectivity index (χ3v) is 3.13. The standard InChI is InChI=1S/C12H15NO3S/c1-8(12(15)16)7-13-11(14)6-5-10-4-3-9(2)17-10/h3-6,8H,7H2,1-2H3,(H,13,14)(H,15,16). The minimum Gasteiger partial charge on any atom is -0.481 e. The van der Waals surface area contributed by atoms with Crippen molar-refractivity contribution < 1.29 is 14.7 Å².